The number of hydrogen-bond acceptors (Lipinski definition) is 5. The number of carbonyl (C=O) groups is 1. The summed E-state index contributed by atoms with van der Waals surface area (Å²) in [5, 5.41) is 10.3. The summed E-state index contributed by atoms with van der Waals surface area (Å²) in [6, 6.07) is 6.79. The Labute approximate surface area is 214 Å². The van der Waals surface area contributed by atoms with Crippen molar-refractivity contribution in [3.8, 4) is 17.2 Å². The summed E-state index contributed by atoms with van der Waals surface area (Å²) < 4.78 is 0. The summed E-state index contributed by atoms with van der Waals surface area (Å²) in [7, 11) is 0. The van der Waals surface area contributed by atoms with Crippen LogP contribution >= 0.6 is 0 Å². The SMILES string of the molecule is C=Cc1cc(-c2c(C3CC3)nc(N3CCN(C(=O)CC4CCC4)[C@H](C4CC4)C3)c(C#N)c2C)ccn1. The second-order valence-electron chi connectivity index (χ2n) is 11.2. The van der Waals surface area contributed by atoms with Gasteiger partial charge in [0.2, 0.25) is 5.91 Å². The van der Waals surface area contributed by atoms with Crippen LogP contribution in [-0.4, -0.2) is 46.5 Å². The summed E-state index contributed by atoms with van der Waals surface area (Å²) in [6.07, 6.45) is 12.6. The molecule has 1 amide bonds. The van der Waals surface area contributed by atoms with Crippen LogP contribution in [0.4, 0.5) is 5.82 Å². The average Bonchev–Trinajstić information content (AvgIpc) is 3.78. The van der Waals surface area contributed by atoms with Gasteiger partial charge in [0.1, 0.15) is 11.9 Å². The van der Waals surface area contributed by atoms with E-state index in [0.717, 1.165) is 66.4 Å². The minimum Gasteiger partial charge on any atom is -0.352 e. The highest BCUT2D eigenvalue weighted by Crippen LogP contribution is 2.47. The molecular weight excluding hydrogens is 446 g/mol. The van der Waals surface area contributed by atoms with Gasteiger partial charge in [0.25, 0.3) is 0 Å². The van der Waals surface area contributed by atoms with Crippen LogP contribution in [0.5, 0.6) is 0 Å². The maximum Gasteiger partial charge on any atom is 0.223 e. The van der Waals surface area contributed by atoms with Gasteiger partial charge >= 0.3 is 0 Å². The van der Waals surface area contributed by atoms with E-state index in [1.807, 2.05) is 18.3 Å². The van der Waals surface area contributed by atoms with Gasteiger partial charge < -0.3 is 9.80 Å². The van der Waals surface area contributed by atoms with Gasteiger partial charge in [-0.25, -0.2) is 4.98 Å². The maximum atomic E-state index is 13.2. The molecule has 3 heterocycles. The number of aromatic nitrogens is 2. The highest BCUT2D eigenvalue weighted by molar-refractivity contribution is 5.79. The van der Waals surface area contributed by atoms with Crippen molar-refractivity contribution in [2.45, 2.75) is 70.3 Å². The van der Waals surface area contributed by atoms with Crippen molar-refractivity contribution in [1.29, 1.82) is 5.26 Å². The molecule has 6 heteroatoms. The molecule has 2 aromatic rings. The van der Waals surface area contributed by atoms with Crippen molar-refractivity contribution in [1.82, 2.24) is 14.9 Å². The van der Waals surface area contributed by atoms with E-state index in [9.17, 15) is 10.1 Å². The molecule has 0 spiro atoms. The summed E-state index contributed by atoms with van der Waals surface area (Å²) in [6.45, 7) is 8.18. The Morgan fingerprint density at radius 2 is 2.03 bits per heavy atom. The van der Waals surface area contributed by atoms with Crippen LogP contribution < -0.4 is 4.90 Å². The van der Waals surface area contributed by atoms with Crippen molar-refractivity contribution in [3.63, 3.8) is 0 Å². The molecule has 3 aliphatic carbocycles. The number of pyridine rings is 2. The van der Waals surface area contributed by atoms with Crippen LogP contribution in [0.3, 0.4) is 0 Å². The van der Waals surface area contributed by atoms with E-state index < -0.39 is 0 Å². The molecule has 0 aromatic carbocycles. The highest BCUT2D eigenvalue weighted by Gasteiger charge is 2.42. The molecule has 36 heavy (non-hydrogen) atoms. The fourth-order valence-electron chi connectivity index (χ4n) is 6.06. The van der Waals surface area contributed by atoms with Gasteiger partial charge in [0.05, 0.1) is 23.0 Å². The van der Waals surface area contributed by atoms with Crippen molar-refractivity contribution < 1.29 is 4.79 Å². The molecule has 2 aromatic heterocycles. The van der Waals surface area contributed by atoms with Crippen LogP contribution in [0.25, 0.3) is 17.2 Å². The largest absolute Gasteiger partial charge is 0.352 e. The first-order chi connectivity index (χ1) is 17.6. The Morgan fingerprint density at radius 3 is 2.67 bits per heavy atom. The zero-order valence-corrected chi connectivity index (χ0v) is 21.2. The first-order valence-electron chi connectivity index (χ1n) is 13.6. The predicted molar refractivity (Wildman–Crippen MR) is 141 cm³/mol. The Kier molecular flexibility index (Phi) is 6.03. The fourth-order valence-corrected chi connectivity index (χ4v) is 6.06. The first kappa shape index (κ1) is 23.2. The molecule has 0 N–H and O–H groups in total. The second kappa shape index (κ2) is 9.35. The van der Waals surface area contributed by atoms with Crippen LogP contribution in [0, 0.1) is 30.1 Å². The predicted octanol–water partition coefficient (Wildman–Crippen LogP) is 5.46. The van der Waals surface area contributed by atoms with E-state index in [2.05, 4.69) is 34.4 Å². The lowest BCUT2D eigenvalue weighted by Crippen LogP contribution is -2.57. The molecule has 6 rings (SSSR count). The first-order valence-corrected chi connectivity index (χ1v) is 13.6. The number of amides is 1. The van der Waals surface area contributed by atoms with E-state index in [1.165, 1.54) is 32.1 Å². The molecule has 1 saturated heterocycles. The maximum absolute atomic E-state index is 13.2. The van der Waals surface area contributed by atoms with Gasteiger partial charge in [-0.15, -0.1) is 0 Å². The van der Waals surface area contributed by atoms with Gasteiger partial charge in [-0.2, -0.15) is 5.26 Å². The molecule has 0 bridgehead atoms. The topological polar surface area (TPSA) is 73.1 Å². The lowest BCUT2D eigenvalue weighted by atomic mass is 9.82. The van der Waals surface area contributed by atoms with Crippen LogP contribution in [0.2, 0.25) is 0 Å². The Bertz CT molecular complexity index is 1230. The molecule has 1 atom stereocenters. The van der Waals surface area contributed by atoms with Gasteiger partial charge in [-0.3, -0.25) is 9.78 Å². The van der Waals surface area contributed by atoms with E-state index in [-0.39, 0.29) is 6.04 Å². The molecule has 6 nitrogen and oxygen atoms in total. The number of nitrogens with zero attached hydrogens (tertiary/aromatic N) is 5. The standard InChI is InChI=1S/C30H35N5O/c1-3-24-16-23(11-12-32-24)28-19(2)25(17-31)30(33-29(28)22-9-10-22)34-13-14-35(26(18-34)21-7-8-21)27(36)15-20-5-4-6-20/h3,11-12,16,20-22,26H,1,4-10,13-15,18H2,2H3/t26-/m0/s1. The van der Waals surface area contributed by atoms with Crippen LogP contribution in [-0.2, 0) is 4.79 Å². The Balaban J connectivity index is 1.34. The van der Waals surface area contributed by atoms with E-state index in [1.54, 1.807) is 6.08 Å². The zero-order chi connectivity index (χ0) is 24.8. The van der Waals surface area contributed by atoms with Gasteiger partial charge in [-0.05, 0) is 86.6 Å². The molecule has 0 radical (unpaired) electrons. The number of hydrogen-bond donors (Lipinski definition) is 0. The van der Waals surface area contributed by atoms with Crippen molar-refractivity contribution in [3.05, 3.63) is 47.4 Å². The lowest BCUT2D eigenvalue weighted by molar-refractivity contribution is -0.136. The highest BCUT2D eigenvalue weighted by atomic mass is 16.2. The molecule has 4 aliphatic rings. The third-order valence-electron chi connectivity index (χ3n) is 8.70. The smallest absolute Gasteiger partial charge is 0.223 e. The van der Waals surface area contributed by atoms with Crippen molar-refractivity contribution in [2.24, 2.45) is 11.8 Å². The molecular formula is C30H35N5O. The average molecular weight is 482 g/mol. The van der Waals surface area contributed by atoms with E-state index in [0.29, 0.717) is 35.6 Å². The van der Waals surface area contributed by atoms with E-state index in [4.69, 9.17) is 4.98 Å². The summed E-state index contributed by atoms with van der Waals surface area (Å²) in [4.78, 5) is 27.3. The monoisotopic (exact) mass is 481 g/mol. The molecule has 0 unspecified atom stereocenters. The second-order valence-corrected chi connectivity index (χ2v) is 11.2. The summed E-state index contributed by atoms with van der Waals surface area (Å²) >= 11 is 0. The van der Waals surface area contributed by atoms with Gasteiger partial charge in [0.15, 0.2) is 0 Å². The molecule has 186 valence electrons. The Morgan fingerprint density at radius 1 is 1.22 bits per heavy atom. The minimum absolute atomic E-state index is 0.236. The fraction of sp³-hybridized carbons (Fsp3) is 0.533. The minimum atomic E-state index is 0.236. The van der Waals surface area contributed by atoms with Gasteiger partial charge in [0, 0.05) is 43.7 Å². The number of nitriles is 1. The van der Waals surface area contributed by atoms with Crippen LogP contribution in [0.1, 0.15) is 79.8 Å². The zero-order valence-electron chi connectivity index (χ0n) is 21.2. The quantitative estimate of drug-likeness (QED) is 0.525. The summed E-state index contributed by atoms with van der Waals surface area (Å²) in [5.41, 5.74) is 5.72. The number of carbonyl (C=O) groups excluding carboxylic acids is 1. The molecule has 3 saturated carbocycles. The third kappa shape index (κ3) is 4.30. The van der Waals surface area contributed by atoms with Gasteiger partial charge in [-0.1, -0.05) is 13.0 Å². The number of rotatable bonds is 7. The number of piperazine rings is 1. The Hall–Kier alpha value is -3.20. The summed E-state index contributed by atoms with van der Waals surface area (Å²) in [5.74, 6) is 2.77. The van der Waals surface area contributed by atoms with Crippen molar-refractivity contribution >= 4 is 17.8 Å². The lowest BCUT2D eigenvalue weighted by Gasteiger charge is -2.43. The number of anilines is 1. The third-order valence-corrected chi connectivity index (χ3v) is 8.70. The molecule has 4 fully saturated rings. The normalized spacial score (nSPS) is 22.2. The molecule has 1 aliphatic heterocycles. The van der Waals surface area contributed by atoms with E-state index >= 15 is 0 Å². The van der Waals surface area contributed by atoms with Crippen molar-refractivity contribution in [2.75, 3.05) is 24.5 Å². The van der Waals surface area contributed by atoms with Crippen LogP contribution in [0.15, 0.2) is 24.9 Å².